The minimum absolute atomic E-state index is 0.206. The molecule has 1 amide bonds. The van der Waals surface area contributed by atoms with Gasteiger partial charge in [-0.1, -0.05) is 12.1 Å². The van der Waals surface area contributed by atoms with Crippen LogP contribution in [-0.2, 0) is 4.84 Å². The molecular weight excluding hydrogens is 317 g/mol. The second kappa shape index (κ2) is 5.14. The number of amides is 1. The van der Waals surface area contributed by atoms with Gasteiger partial charge < -0.3 is 0 Å². The highest BCUT2D eigenvalue weighted by molar-refractivity contribution is 14.1. The molecule has 3 nitrogen and oxygen atoms in total. The van der Waals surface area contributed by atoms with Crippen LogP contribution in [0.1, 0.15) is 36.7 Å². The number of carbonyl (C=O) groups is 1. The van der Waals surface area contributed by atoms with Gasteiger partial charge >= 0.3 is 0 Å². The molecule has 0 saturated carbocycles. The number of hydrogen-bond acceptors (Lipinski definition) is 2. The lowest BCUT2D eigenvalue weighted by molar-refractivity contribution is -0.0590. The average Bonchev–Trinajstić information content (AvgIpc) is 2.17. The lowest BCUT2D eigenvalue weighted by atomic mass is 10.1. The SMILES string of the molecule is Cc1cccc(C(=O)NOC(C)(C)C)c1I. The standard InChI is InChI=1S/C12H16INO2/c1-8-6-5-7-9(10(8)13)11(15)14-16-12(2,3)4/h5-7H,1-4H3,(H,14,15). The number of rotatable bonds is 2. The molecule has 0 aliphatic carbocycles. The Kier molecular flexibility index (Phi) is 4.32. The van der Waals surface area contributed by atoms with Crippen LogP contribution in [0.3, 0.4) is 0 Å². The molecule has 0 heterocycles. The zero-order valence-corrected chi connectivity index (χ0v) is 12.1. The van der Waals surface area contributed by atoms with Crippen LogP contribution in [0.5, 0.6) is 0 Å². The summed E-state index contributed by atoms with van der Waals surface area (Å²) in [5, 5.41) is 0. The average molecular weight is 333 g/mol. The van der Waals surface area contributed by atoms with E-state index in [0.29, 0.717) is 5.56 Å². The highest BCUT2D eigenvalue weighted by Gasteiger charge is 2.15. The lowest BCUT2D eigenvalue weighted by Gasteiger charge is -2.19. The summed E-state index contributed by atoms with van der Waals surface area (Å²) in [5.41, 5.74) is 3.81. The molecule has 0 atom stereocenters. The zero-order valence-electron chi connectivity index (χ0n) is 9.93. The van der Waals surface area contributed by atoms with Crippen molar-refractivity contribution in [3.8, 4) is 0 Å². The van der Waals surface area contributed by atoms with Crippen molar-refractivity contribution in [1.29, 1.82) is 0 Å². The summed E-state index contributed by atoms with van der Waals surface area (Å²) in [6.07, 6.45) is 0. The first-order chi connectivity index (χ1) is 7.31. The molecule has 0 aliphatic heterocycles. The van der Waals surface area contributed by atoms with E-state index in [4.69, 9.17) is 4.84 Å². The number of hydrogen-bond donors (Lipinski definition) is 1. The van der Waals surface area contributed by atoms with Crippen LogP contribution in [0.4, 0.5) is 0 Å². The monoisotopic (exact) mass is 333 g/mol. The van der Waals surface area contributed by atoms with Crippen molar-refractivity contribution in [3.63, 3.8) is 0 Å². The molecule has 0 aliphatic rings. The lowest BCUT2D eigenvalue weighted by Crippen LogP contribution is -2.33. The summed E-state index contributed by atoms with van der Waals surface area (Å²) in [7, 11) is 0. The molecule has 1 N–H and O–H groups in total. The van der Waals surface area contributed by atoms with Gasteiger partial charge in [-0.15, -0.1) is 0 Å². The molecule has 0 fully saturated rings. The first-order valence-corrected chi connectivity index (χ1v) is 6.12. The molecule has 0 bridgehead atoms. The van der Waals surface area contributed by atoms with Crippen molar-refractivity contribution in [1.82, 2.24) is 5.48 Å². The van der Waals surface area contributed by atoms with E-state index in [0.717, 1.165) is 9.13 Å². The van der Waals surface area contributed by atoms with Gasteiger partial charge in [0.1, 0.15) is 0 Å². The van der Waals surface area contributed by atoms with Crippen LogP contribution >= 0.6 is 22.6 Å². The number of benzene rings is 1. The predicted molar refractivity (Wildman–Crippen MR) is 72.2 cm³/mol. The molecule has 0 aromatic heterocycles. The molecule has 0 unspecified atom stereocenters. The topological polar surface area (TPSA) is 38.3 Å². The van der Waals surface area contributed by atoms with Crippen molar-refractivity contribution in [2.75, 3.05) is 0 Å². The van der Waals surface area contributed by atoms with E-state index < -0.39 is 0 Å². The molecule has 1 aromatic rings. The van der Waals surface area contributed by atoms with E-state index in [-0.39, 0.29) is 11.5 Å². The summed E-state index contributed by atoms with van der Waals surface area (Å²) < 4.78 is 0.954. The number of halogens is 1. The second-order valence-corrected chi connectivity index (χ2v) is 5.66. The van der Waals surface area contributed by atoms with Crippen LogP contribution in [0, 0.1) is 10.5 Å². The highest BCUT2D eigenvalue weighted by atomic mass is 127. The van der Waals surface area contributed by atoms with Crippen molar-refractivity contribution in [2.45, 2.75) is 33.3 Å². The number of aryl methyl sites for hydroxylation is 1. The quantitative estimate of drug-likeness (QED) is 0.667. The van der Waals surface area contributed by atoms with Gasteiger partial charge in [-0.2, -0.15) is 0 Å². The zero-order chi connectivity index (χ0) is 12.3. The number of carbonyl (C=O) groups excluding carboxylic acids is 1. The first kappa shape index (κ1) is 13.4. The molecule has 1 rings (SSSR count). The van der Waals surface area contributed by atoms with E-state index in [1.54, 1.807) is 6.07 Å². The number of nitrogens with one attached hydrogen (secondary N) is 1. The van der Waals surface area contributed by atoms with Crippen molar-refractivity contribution in [2.24, 2.45) is 0 Å². The Morgan fingerprint density at radius 1 is 1.38 bits per heavy atom. The molecule has 0 radical (unpaired) electrons. The Bertz CT molecular complexity index is 396. The van der Waals surface area contributed by atoms with Gasteiger partial charge in [0.05, 0.1) is 11.2 Å². The summed E-state index contributed by atoms with van der Waals surface area (Å²) in [6, 6.07) is 5.63. The Labute approximate surface area is 110 Å². The van der Waals surface area contributed by atoms with Crippen molar-refractivity contribution < 1.29 is 9.63 Å². The van der Waals surface area contributed by atoms with E-state index in [1.807, 2.05) is 39.8 Å². The Hall–Kier alpha value is -0.620. The summed E-state index contributed by atoms with van der Waals surface area (Å²) >= 11 is 2.16. The fraction of sp³-hybridized carbons (Fsp3) is 0.417. The third-order valence-corrected chi connectivity index (χ3v) is 3.32. The van der Waals surface area contributed by atoms with Crippen LogP contribution in [0.15, 0.2) is 18.2 Å². The maximum atomic E-state index is 11.8. The van der Waals surface area contributed by atoms with E-state index in [9.17, 15) is 4.79 Å². The maximum absolute atomic E-state index is 11.8. The molecule has 1 aromatic carbocycles. The van der Waals surface area contributed by atoms with Gasteiger partial charge in [0.15, 0.2) is 0 Å². The third kappa shape index (κ3) is 3.75. The van der Waals surface area contributed by atoms with Gasteiger partial charge in [0.2, 0.25) is 0 Å². The fourth-order valence-corrected chi connectivity index (χ4v) is 1.68. The predicted octanol–water partition coefficient (Wildman–Crippen LogP) is 3.06. The minimum Gasteiger partial charge on any atom is -0.268 e. The van der Waals surface area contributed by atoms with Gasteiger partial charge in [-0.05, 0) is 61.9 Å². The first-order valence-electron chi connectivity index (χ1n) is 5.05. The van der Waals surface area contributed by atoms with E-state index in [1.165, 1.54) is 0 Å². The summed E-state index contributed by atoms with van der Waals surface area (Å²) in [4.78, 5) is 17.1. The normalized spacial score (nSPS) is 11.3. The third-order valence-electron chi connectivity index (χ3n) is 1.89. The molecule has 16 heavy (non-hydrogen) atoms. The molecule has 0 saturated heterocycles. The van der Waals surface area contributed by atoms with Gasteiger partial charge in [0, 0.05) is 3.57 Å². The Morgan fingerprint density at radius 2 is 2.00 bits per heavy atom. The summed E-state index contributed by atoms with van der Waals surface area (Å²) in [5.74, 6) is -0.206. The summed E-state index contributed by atoms with van der Waals surface area (Å²) in [6.45, 7) is 7.63. The van der Waals surface area contributed by atoms with E-state index in [2.05, 4.69) is 28.1 Å². The fourth-order valence-electron chi connectivity index (χ4n) is 1.08. The Morgan fingerprint density at radius 3 is 2.56 bits per heavy atom. The largest absolute Gasteiger partial charge is 0.275 e. The van der Waals surface area contributed by atoms with Crippen molar-refractivity contribution >= 4 is 28.5 Å². The van der Waals surface area contributed by atoms with Crippen LogP contribution in [0.2, 0.25) is 0 Å². The maximum Gasteiger partial charge on any atom is 0.275 e. The molecule has 0 spiro atoms. The van der Waals surface area contributed by atoms with Gasteiger partial charge in [-0.25, -0.2) is 5.48 Å². The highest BCUT2D eigenvalue weighted by Crippen LogP contribution is 2.16. The van der Waals surface area contributed by atoms with E-state index >= 15 is 0 Å². The number of hydroxylamine groups is 1. The van der Waals surface area contributed by atoms with Crippen molar-refractivity contribution in [3.05, 3.63) is 32.9 Å². The molecule has 88 valence electrons. The second-order valence-electron chi connectivity index (χ2n) is 4.58. The smallest absolute Gasteiger partial charge is 0.268 e. The van der Waals surface area contributed by atoms with Crippen LogP contribution in [-0.4, -0.2) is 11.5 Å². The van der Waals surface area contributed by atoms with Gasteiger partial charge in [-0.3, -0.25) is 9.63 Å². The molecular formula is C12H16INO2. The Balaban J connectivity index is 2.78. The molecule has 4 heteroatoms. The van der Waals surface area contributed by atoms with Crippen LogP contribution < -0.4 is 5.48 Å². The van der Waals surface area contributed by atoms with Gasteiger partial charge in [0.25, 0.3) is 5.91 Å². The van der Waals surface area contributed by atoms with Crippen LogP contribution in [0.25, 0.3) is 0 Å². The minimum atomic E-state index is -0.384.